The molecule has 1 aliphatic rings. The van der Waals surface area contributed by atoms with Crippen molar-refractivity contribution in [1.82, 2.24) is 9.67 Å². The molecule has 1 aliphatic heterocycles. The zero-order valence-electron chi connectivity index (χ0n) is 13.1. The smallest absolute Gasteiger partial charge is 0.227 e. The molecule has 5 heteroatoms. The maximum absolute atomic E-state index is 9.35. The first-order chi connectivity index (χ1) is 12.3. The molecule has 3 aromatic heterocycles. The van der Waals surface area contributed by atoms with Crippen LogP contribution in [-0.4, -0.2) is 9.67 Å². The number of furan rings is 1. The maximum Gasteiger partial charge on any atom is 0.227 e. The highest BCUT2D eigenvalue weighted by atomic mass is 16.3. The molecule has 5 aromatic rings. The predicted molar refractivity (Wildman–Crippen MR) is 92.4 cm³/mol. The number of rotatable bonds is 0. The average molecular weight is 323 g/mol. The summed E-state index contributed by atoms with van der Waals surface area (Å²) in [5, 5.41) is 12.5. The summed E-state index contributed by atoms with van der Waals surface area (Å²) in [4.78, 5) is 4.31. The minimum atomic E-state index is 0.665. The summed E-state index contributed by atoms with van der Waals surface area (Å²) >= 11 is 0. The van der Waals surface area contributed by atoms with E-state index < -0.39 is 0 Å². The molecular formula is C20H11N4O+. The van der Waals surface area contributed by atoms with Crippen LogP contribution in [0.2, 0.25) is 0 Å². The molecule has 5 nitrogen and oxygen atoms in total. The van der Waals surface area contributed by atoms with Gasteiger partial charge in [-0.2, -0.15) is 5.26 Å². The number of fused-ring (bicyclic) bond motifs is 8. The molecule has 0 saturated heterocycles. The molecule has 0 unspecified atom stereocenters. The van der Waals surface area contributed by atoms with Gasteiger partial charge in [0.05, 0.1) is 10.9 Å². The molecule has 116 valence electrons. The number of nitriles is 1. The van der Waals surface area contributed by atoms with Crippen molar-refractivity contribution in [2.45, 2.75) is 6.54 Å². The summed E-state index contributed by atoms with van der Waals surface area (Å²) in [6.45, 7) is 0.776. The third kappa shape index (κ3) is 1.51. The summed E-state index contributed by atoms with van der Waals surface area (Å²) < 4.78 is 10.2. The Hall–Kier alpha value is -3.65. The van der Waals surface area contributed by atoms with E-state index in [2.05, 4.69) is 38.7 Å². The normalized spacial score (nSPS) is 12.6. The van der Waals surface area contributed by atoms with Crippen LogP contribution in [0.5, 0.6) is 0 Å². The molecule has 0 radical (unpaired) electrons. The largest absolute Gasteiger partial charge is 0.438 e. The number of pyridine rings is 1. The Bertz CT molecular complexity index is 1380. The lowest BCUT2D eigenvalue weighted by Gasteiger charge is -1.99. The summed E-state index contributed by atoms with van der Waals surface area (Å²) in [6.07, 6.45) is 3.80. The van der Waals surface area contributed by atoms with Gasteiger partial charge < -0.3 is 4.42 Å². The van der Waals surface area contributed by atoms with E-state index in [1.54, 1.807) is 6.20 Å². The van der Waals surface area contributed by atoms with E-state index in [1.807, 2.05) is 30.3 Å². The number of hydrogen-bond acceptors (Lipinski definition) is 3. The van der Waals surface area contributed by atoms with Gasteiger partial charge in [-0.25, -0.2) is 4.98 Å². The van der Waals surface area contributed by atoms with Gasteiger partial charge in [-0.1, -0.05) is 6.07 Å². The minimum absolute atomic E-state index is 0.665. The Morgan fingerprint density at radius 3 is 3.00 bits per heavy atom. The first kappa shape index (κ1) is 12.7. The fourth-order valence-corrected chi connectivity index (χ4v) is 3.89. The van der Waals surface area contributed by atoms with Crippen molar-refractivity contribution >= 4 is 33.0 Å². The van der Waals surface area contributed by atoms with Gasteiger partial charge in [-0.05, 0) is 30.3 Å². The number of benzene rings is 2. The third-order valence-electron chi connectivity index (χ3n) is 4.98. The minimum Gasteiger partial charge on any atom is -0.438 e. The lowest BCUT2D eigenvalue weighted by Crippen LogP contribution is -2.36. The molecule has 4 heterocycles. The summed E-state index contributed by atoms with van der Waals surface area (Å²) in [5.74, 6) is 0. The second-order valence-corrected chi connectivity index (χ2v) is 6.32. The van der Waals surface area contributed by atoms with E-state index in [1.165, 1.54) is 5.56 Å². The fraction of sp³-hybridized carbons (Fsp3) is 0.0500. The van der Waals surface area contributed by atoms with Crippen molar-refractivity contribution in [2.24, 2.45) is 0 Å². The summed E-state index contributed by atoms with van der Waals surface area (Å²) in [6, 6.07) is 16.3. The highest BCUT2D eigenvalue weighted by Crippen LogP contribution is 2.34. The molecule has 6 rings (SSSR count). The van der Waals surface area contributed by atoms with Gasteiger partial charge in [-0.3, -0.25) is 0 Å². The van der Waals surface area contributed by atoms with Crippen LogP contribution in [0.3, 0.4) is 0 Å². The number of aromatic nitrogens is 3. The van der Waals surface area contributed by atoms with Crippen LogP contribution in [0.25, 0.3) is 38.7 Å². The SMILES string of the molecule is N#Cc1cccc2c1c[n+]1n2-c2cc3oc4ncccc4c3cc2C1. The van der Waals surface area contributed by atoms with Gasteiger partial charge >= 0.3 is 0 Å². The second-order valence-electron chi connectivity index (χ2n) is 6.32. The molecular weight excluding hydrogens is 312 g/mol. The van der Waals surface area contributed by atoms with E-state index in [9.17, 15) is 5.26 Å². The zero-order valence-corrected chi connectivity index (χ0v) is 13.1. The van der Waals surface area contributed by atoms with Crippen LogP contribution in [0.1, 0.15) is 11.1 Å². The van der Waals surface area contributed by atoms with Crippen LogP contribution in [0, 0.1) is 11.3 Å². The topological polar surface area (TPSA) is 58.6 Å². The van der Waals surface area contributed by atoms with Gasteiger partial charge in [0.15, 0.2) is 6.54 Å². The van der Waals surface area contributed by atoms with Crippen molar-refractivity contribution in [3.63, 3.8) is 0 Å². The lowest BCUT2D eigenvalue weighted by atomic mass is 10.1. The predicted octanol–water partition coefficient (Wildman–Crippen LogP) is 3.45. The molecule has 0 bridgehead atoms. The van der Waals surface area contributed by atoms with Crippen LogP contribution < -0.4 is 4.68 Å². The Labute approximate surface area is 141 Å². The Morgan fingerprint density at radius 1 is 1.12 bits per heavy atom. The zero-order chi connectivity index (χ0) is 16.5. The van der Waals surface area contributed by atoms with Gasteiger partial charge in [0, 0.05) is 28.6 Å². The maximum atomic E-state index is 9.35. The van der Waals surface area contributed by atoms with Crippen LogP contribution in [-0.2, 0) is 6.54 Å². The molecule has 0 atom stereocenters. The first-order valence-electron chi connectivity index (χ1n) is 8.08. The highest BCUT2D eigenvalue weighted by Gasteiger charge is 2.30. The van der Waals surface area contributed by atoms with Gasteiger partial charge in [0.1, 0.15) is 22.9 Å². The van der Waals surface area contributed by atoms with E-state index in [0.717, 1.165) is 39.5 Å². The van der Waals surface area contributed by atoms with Crippen molar-refractivity contribution in [3.8, 4) is 11.8 Å². The summed E-state index contributed by atoms with van der Waals surface area (Å²) in [5.41, 5.74) is 5.56. The molecule has 0 fully saturated rings. The second kappa shape index (κ2) is 4.25. The number of nitrogens with zero attached hydrogens (tertiary/aromatic N) is 4. The Morgan fingerprint density at radius 2 is 2.08 bits per heavy atom. The molecule has 0 amide bonds. The van der Waals surface area contributed by atoms with Gasteiger partial charge in [0.25, 0.3) is 0 Å². The van der Waals surface area contributed by atoms with E-state index in [-0.39, 0.29) is 0 Å². The van der Waals surface area contributed by atoms with E-state index in [4.69, 9.17) is 4.42 Å². The Balaban J connectivity index is 1.71. The van der Waals surface area contributed by atoms with Gasteiger partial charge in [-0.15, -0.1) is 9.36 Å². The van der Waals surface area contributed by atoms with Crippen LogP contribution in [0.15, 0.2) is 59.3 Å². The quantitative estimate of drug-likeness (QED) is 0.402. The Kier molecular flexibility index (Phi) is 2.16. The molecule has 2 aromatic carbocycles. The van der Waals surface area contributed by atoms with Crippen molar-refractivity contribution in [1.29, 1.82) is 5.26 Å². The summed E-state index contributed by atoms with van der Waals surface area (Å²) in [7, 11) is 0. The fourth-order valence-electron chi connectivity index (χ4n) is 3.89. The van der Waals surface area contributed by atoms with Gasteiger partial charge in [0.2, 0.25) is 11.9 Å². The van der Waals surface area contributed by atoms with Crippen molar-refractivity contribution in [2.75, 3.05) is 0 Å². The monoisotopic (exact) mass is 323 g/mol. The highest BCUT2D eigenvalue weighted by molar-refractivity contribution is 6.04. The third-order valence-corrected chi connectivity index (χ3v) is 4.98. The van der Waals surface area contributed by atoms with Crippen molar-refractivity contribution < 1.29 is 9.10 Å². The molecule has 0 N–H and O–H groups in total. The average Bonchev–Trinajstić information content (AvgIpc) is 3.28. The molecule has 25 heavy (non-hydrogen) atoms. The number of hydrogen-bond donors (Lipinski definition) is 0. The van der Waals surface area contributed by atoms with Crippen LogP contribution >= 0.6 is 0 Å². The molecule has 0 saturated carbocycles. The van der Waals surface area contributed by atoms with Crippen LogP contribution in [0.4, 0.5) is 0 Å². The first-order valence-corrected chi connectivity index (χ1v) is 8.08. The van der Waals surface area contributed by atoms with E-state index >= 15 is 0 Å². The molecule has 0 aliphatic carbocycles. The standard InChI is InChI=1S/C20H11N4O/c21-9-12-3-1-5-17-16(12)11-23-10-13-7-15-14-4-2-6-22-20(14)25-19(15)8-18(13)24(17)23/h1-8,11H,10H2/q+1. The lowest BCUT2D eigenvalue weighted by molar-refractivity contribution is -0.749. The van der Waals surface area contributed by atoms with Crippen molar-refractivity contribution in [3.05, 3.63) is 66.0 Å². The van der Waals surface area contributed by atoms with E-state index in [0.29, 0.717) is 11.3 Å². The molecule has 0 spiro atoms.